The molecule has 0 aliphatic rings. The monoisotopic (exact) mass is 470 g/mol. The van der Waals surface area contributed by atoms with Gasteiger partial charge in [0.1, 0.15) is 0 Å². The molecule has 0 nitrogen and oxygen atoms in total. The zero-order valence-corrected chi connectivity index (χ0v) is 20.8. The molecule has 7 aromatic rings. The highest BCUT2D eigenvalue weighted by molar-refractivity contribution is 6.24. The highest BCUT2D eigenvalue weighted by atomic mass is 14.2. The Labute approximate surface area is 217 Å². The van der Waals surface area contributed by atoms with Gasteiger partial charge in [0.2, 0.25) is 0 Å². The second kappa shape index (κ2) is 8.76. The van der Waals surface area contributed by atoms with Crippen LogP contribution < -0.4 is 0 Å². The molecule has 0 saturated carbocycles. The molecular weight excluding hydrogens is 444 g/mol. The van der Waals surface area contributed by atoms with Gasteiger partial charge in [0, 0.05) is 0 Å². The molecule has 0 aliphatic carbocycles. The molecule has 0 atom stereocenters. The van der Waals surface area contributed by atoms with E-state index in [1.165, 1.54) is 71.3 Å². The van der Waals surface area contributed by atoms with Gasteiger partial charge in [-0.2, -0.15) is 0 Å². The first-order valence-corrected chi connectivity index (χ1v) is 12.9. The number of aryl methyl sites for hydroxylation is 1. The van der Waals surface area contributed by atoms with Crippen LogP contribution in [0.4, 0.5) is 0 Å². The van der Waals surface area contributed by atoms with Crippen LogP contribution in [0.3, 0.4) is 0 Å². The number of fused-ring (bicyclic) bond motifs is 3. The van der Waals surface area contributed by atoms with Crippen molar-refractivity contribution in [2.24, 2.45) is 0 Å². The van der Waals surface area contributed by atoms with Crippen molar-refractivity contribution in [3.05, 3.63) is 145 Å². The smallest absolute Gasteiger partial charge is 0.00201 e. The summed E-state index contributed by atoms with van der Waals surface area (Å²) < 4.78 is 0. The topological polar surface area (TPSA) is 0 Å². The molecule has 174 valence electrons. The molecule has 0 aromatic heterocycles. The summed E-state index contributed by atoms with van der Waals surface area (Å²) in [4.78, 5) is 0. The zero-order chi connectivity index (χ0) is 24.8. The standard InChI is InChI=1S/C37H26/c1-25-19-21-27(22-20-25)36-31-15-7-9-17-33(31)37(34-18-10-8-16-32(34)36)35-24-23-28(26-11-3-2-4-12-26)29-13-5-6-14-30(29)35/h2-24H,1H3. The van der Waals surface area contributed by atoms with Crippen LogP contribution in [0.2, 0.25) is 0 Å². The van der Waals surface area contributed by atoms with Crippen LogP contribution in [0, 0.1) is 6.92 Å². The molecule has 37 heavy (non-hydrogen) atoms. The Hall–Kier alpha value is -4.68. The Morgan fingerprint density at radius 1 is 0.297 bits per heavy atom. The lowest BCUT2D eigenvalue weighted by molar-refractivity contribution is 1.47. The fourth-order valence-electron chi connectivity index (χ4n) is 5.84. The predicted molar refractivity (Wildman–Crippen MR) is 160 cm³/mol. The summed E-state index contributed by atoms with van der Waals surface area (Å²) in [5, 5.41) is 7.71. The van der Waals surface area contributed by atoms with Gasteiger partial charge in [-0.15, -0.1) is 0 Å². The molecule has 0 fully saturated rings. The molecule has 0 unspecified atom stereocenters. The Balaban J connectivity index is 1.61. The summed E-state index contributed by atoms with van der Waals surface area (Å²) in [6.07, 6.45) is 0. The summed E-state index contributed by atoms with van der Waals surface area (Å²) in [7, 11) is 0. The molecule has 7 aromatic carbocycles. The summed E-state index contributed by atoms with van der Waals surface area (Å²) in [6, 6.07) is 50.9. The summed E-state index contributed by atoms with van der Waals surface area (Å²) in [5.41, 5.74) is 8.93. The highest BCUT2D eigenvalue weighted by Gasteiger charge is 2.18. The van der Waals surface area contributed by atoms with Gasteiger partial charge in [-0.1, -0.05) is 145 Å². The van der Waals surface area contributed by atoms with Crippen LogP contribution in [0.25, 0.3) is 65.7 Å². The van der Waals surface area contributed by atoms with Crippen LogP contribution in [0.15, 0.2) is 140 Å². The van der Waals surface area contributed by atoms with Crippen LogP contribution >= 0.6 is 0 Å². The SMILES string of the molecule is Cc1ccc(-c2c3ccccc3c(-c3ccc(-c4ccccc4)c4ccccc34)c3ccccc23)cc1. The van der Waals surface area contributed by atoms with E-state index in [0.29, 0.717) is 0 Å². The second-order valence-electron chi connectivity index (χ2n) is 9.78. The van der Waals surface area contributed by atoms with Crippen molar-refractivity contribution >= 4 is 32.3 Å². The molecule has 0 saturated heterocycles. The maximum absolute atomic E-state index is 2.32. The molecule has 0 heteroatoms. The maximum Gasteiger partial charge on any atom is -0.00201 e. The van der Waals surface area contributed by atoms with Crippen molar-refractivity contribution in [1.82, 2.24) is 0 Å². The molecule has 0 spiro atoms. The molecule has 7 rings (SSSR count). The first-order valence-electron chi connectivity index (χ1n) is 12.9. The lowest BCUT2D eigenvalue weighted by Gasteiger charge is -2.19. The van der Waals surface area contributed by atoms with E-state index >= 15 is 0 Å². The number of rotatable bonds is 3. The predicted octanol–water partition coefficient (Wildman–Crippen LogP) is 10.5. The maximum atomic E-state index is 2.32. The third-order valence-electron chi connectivity index (χ3n) is 7.55. The third-order valence-corrected chi connectivity index (χ3v) is 7.55. The van der Waals surface area contributed by atoms with E-state index in [1.54, 1.807) is 0 Å². The van der Waals surface area contributed by atoms with Gasteiger partial charge < -0.3 is 0 Å². The van der Waals surface area contributed by atoms with E-state index in [4.69, 9.17) is 0 Å². The van der Waals surface area contributed by atoms with Crippen molar-refractivity contribution in [3.8, 4) is 33.4 Å². The fraction of sp³-hybridized carbons (Fsp3) is 0.0270. The second-order valence-corrected chi connectivity index (χ2v) is 9.78. The minimum atomic E-state index is 1.25. The van der Waals surface area contributed by atoms with Gasteiger partial charge in [0.05, 0.1) is 0 Å². The van der Waals surface area contributed by atoms with E-state index in [1.807, 2.05) is 0 Å². The average molecular weight is 471 g/mol. The quantitative estimate of drug-likeness (QED) is 0.225. The molecule has 0 heterocycles. The minimum absolute atomic E-state index is 1.25. The number of benzene rings is 7. The molecule has 0 radical (unpaired) electrons. The van der Waals surface area contributed by atoms with E-state index in [0.717, 1.165) is 0 Å². The number of hydrogen-bond donors (Lipinski definition) is 0. The number of hydrogen-bond acceptors (Lipinski definition) is 0. The van der Waals surface area contributed by atoms with Gasteiger partial charge in [-0.25, -0.2) is 0 Å². The molecule has 0 bridgehead atoms. The minimum Gasteiger partial charge on any atom is -0.0622 e. The zero-order valence-electron chi connectivity index (χ0n) is 20.8. The summed E-state index contributed by atoms with van der Waals surface area (Å²) in [5.74, 6) is 0. The van der Waals surface area contributed by atoms with Gasteiger partial charge >= 0.3 is 0 Å². The van der Waals surface area contributed by atoms with Crippen LogP contribution in [0.5, 0.6) is 0 Å². The Bertz CT molecular complexity index is 1850. The van der Waals surface area contributed by atoms with E-state index in [2.05, 4.69) is 146 Å². The van der Waals surface area contributed by atoms with Crippen LogP contribution in [-0.4, -0.2) is 0 Å². The van der Waals surface area contributed by atoms with Crippen molar-refractivity contribution in [2.45, 2.75) is 6.92 Å². The van der Waals surface area contributed by atoms with E-state index in [-0.39, 0.29) is 0 Å². The van der Waals surface area contributed by atoms with Gasteiger partial charge in [-0.3, -0.25) is 0 Å². The lowest BCUT2D eigenvalue weighted by atomic mass is 9.84. The molecule has 0 amide bonds. The molecule has 0 N–H and O–H groups in total. The lowest BCUT2D eigenvalue weighted by Crippen LogP contribution is -1.92. The Morgan fingerprint density at radius 3 is 1.30 bits per heavy atom. The van der Waals surface area contributed by atoms with Crippen molar-refractivity contribution in [3.63, 3.8) is 0 Å². The van der Waals surface area contributed by atoms with E-state index in [9.17, 15) is 0 Å². The van der Waals surface area contributed by atoms with Crippen LogP contribution in [0.1, 0.15) is 5.56 Å². The third kappa shape index (κ3) is 3.53. The Morgan fingerprint density at radius 2 is 0.730 bits per heavy atom. The van der Waals surface area contributed by atoms with Crippen LogP contribution in [-0.2, 0) is 0 Å². The highest BCUT2D eigenvalue weighted by Crippen LogP contribution is 2.46. The molecular formula is C37H26. The van der Waals surface area contributed by atoms with Gasteiger partial charge in [0.25, 0.3) is 0 Å². The van der Waals surface area contributed by atoms with Crippen molar-refractivity contribution in [2.75, 3.05) is 0 Å². The normalized spacial score (nSPS) is 11.4. The van der Waals surface area contributed by atoms with Crippen molar-refractivity contribution in [1.29, 1.82) is 0 Å². The molecule has 0 aliphatic heterocycles. The van der Waals surface area contributed by atoms with Gasteiger partial charge in [0.15, 0.2) is 0 Å². The largest absolute Gasteiger partial charge is 0.0622 e. The van der Waals surface area contributed by atoms with Gasteiger partial charge in [-0.05, 0) is 72.6 Å². The van der Waals surface area contributed by atoms with Crippen molar-refractivity contribution < 1.29 is 0 Å². The Kier molecular flexibility index (Phi) is 5.11. The van der Waals surface area contributed by atoms with E-state index < -0.39 is 0 Å². The first-order chi connectivity index (χ1) is 18.3. The fourth-order valence-corrected chi connectivity index (χ4v) is 5.84. The summed E-state index contributed by atoms with van der Waals surface area (Å²) in [6.45, 7) is 2.15. The first kappa shape index (κ1) is 21.6. The average Bonchev–Trinajstić information content (AvgIpc) is 2.96. The summed E-state index contributed by atoms with van der Waals surface area (Å²) >= 11 is 0.